The second kappa shape index (κ2) is 48.3. The molecular weight excluding hydrogens is 1900 g/mol. The maximum Gasteiger partial charge on any atom is 0.340 e. The van der Waals surface area contributed by atoms with E-state index in [4.69, 9.17) is 42.7 Å². The zero-order valence-corrected chi connectivity index (χ0v) is 77.8. The van der Waals surface area contributed by atoms with Crippen LogP contribution in [0.4, 0.5) is 35.1 Å². The Morgan fingerprint density at radius 2 is 0.687 bits per heavy atom. The summed E-state index contributed by atoms with van der Waals surface area (Å²) in [6.07, 6.45) is 7.33. The number of amides is 1. The molecule has 12 aromatic carbocycles. The zero-order valence-electron chi connectivity index (χ0n) is 72.9. The smallest absolute Gasteiger partial charge is 0.340 e. The lowest BCUT2D eigenvalue weighted by atomic mass is 9.77. The van der Waals surface area contributed by atoms with Gasteiger partial charge in [0.1, 0.15) is 58.0 Å². The topological polar surface area (TPSA) is 173 Å². The van der Waals surface area contributed by atoms with Crippen LogP contribution in [0.2, 0.25) is 0 Å². The number of fused-ring (bicyclic) bond motifs is 12. The largest absolute Gasteiger partial charge is 1.00 e. The van der Waals surface area contributed by atoms with Crippen LogP contribution in [0.15, 0.2) is 255 Å². The molecule has 1 amide bonds. The first-order chi connectivity index (χ1) is 62.6. The van der Waals surface area contributed by atoms with E-state index < -0.39 is 132 Å². The molecule has 0 aromatic heterocycles. The Morgan fingerprint density at radius 3 is 0.985 bits per heavy atom. The van der Waals surface area contributed by atoms with E-state index >= 15 is 17.6 Å². The maximum atomic E-state index is 15.4. The number of halogens is 10. The van der Waals surface area contributed by atoms with E-state index in [1.807, 2.05) is 4.90 Å². The fraction of sp³-hybridized carbons (Fsp3) is 0.276. The highest BCUT2D eigenvalue weighted by atomic mass is 79.9. The lowest BCUT2D eigenvalue weighted by Crippen LogP contribution is -3.00. The van der Waals surface area contributed by atoms with Crippen molar-refractivity contribution in [2.75, 3.05) is 113 Å². The van der Waals surface area contributed by atoms with Crippen molar-refractivity contribution in [2.45, 2.75) is 79.9 Å². The summed E-state index contributed by atoms with van der Waals surface area (Å²) in [5, 5.41) is 12.4. The Balaban J connectivity index is 0.000000196. The van der Waals surface area contributed by atoms with Crippen LogP contribution in [0.25, 0.3) is 0 Å². The predicted molar refractivity (Wildman–Crippen MR) is 503 cm³/mol. The lowest BCUT2D eigenvalue weighted by Gasteiger charge is -2.37. The number of ether oxygens (including phenoxy) is 9. The van der Waals surface area contributed by atoms with Crippen LogP contribution in [-0.2, 0) is 44.5 Å². The van der Waals surface area contributed by atoms with Gasteiger partial charge in [-0.2, -0.15) is 8.78 Å². The fourth-order valence-electron chi connectivity index (χ4n) is 17.6. The number of methoxy groups -OCH3 is 3. The van der Waals surface area contributed by atoms with E-state index in [0.29, 0.717) is 6.47 Å². The van der Waals surface area contributed by atoms with Gasteiger partial charge in [-0.25, -0.2) is 35.9 Å². The molecule has 0 aliphatic carbocycles. The molecule has 12 aromatic rings. The van der Waals surface area contributed by atoms with Gasteiger partial charge < -0.3 is 91.7 Å². The SMILES string of the molecule is C.C.C.CC(=O)N1CCN(CCCC[P+](c2ccccc2)(c2ccccc2)c2ccccc2)CC1.COC=O.COCOc1c(F)cc2c(c1F)Oc1c(cc(F)c(C)c1F)C21OC(=O)c2ccccc21.COCOc1c(F)cc2c(c1F)Oc1c(cc(F)c(C)c1F)C21OC(=O)c2ccccc21.[Br-].[Br-].c1ccc([P+](CCCCN2CCNCC2)(c2ccccc2)c2ccccc2)cc1. The molecule has 29 heteroatoms. The molecular formula is C105H110Br2F8N4O13P2. The summed E-state index contributed by atoms with van der Waals surface area (Å²) in [5.74, 6) is -14.3. The summed E-state index contributed by atoms with van der Waals surface area (Å²) in [6, 6.07) is 82.9. The van der Waals surface area contributed by atoms with E-state index in [9.17, 15) is 31.9 Å². The fourth-order valence-corrected chi connectivity index (χ4v) is 26.4. The molecule has 6 heterocycles. The first-order valence-electron chi connectivity index (χ1n) is 42.4. The Morgan fingerprint density at radius 1 is 0.403 bits per heavy atom. The molecule has 2 saturated heterocycles. The first-order valence-corrected chi connectivity index (χ1v) is 46.3. The highest BCUT2D eigenvalue weighted by molar-refractivity contribution is 7.96. The zero-order chi connectivity index (χ0) is 91.0. The molecule has 2 atom stereocenters. The average molecular weight is 2010 g/mol. The minimum Gasteiger partial charge on any atom is -1.00 e. The molecule has 6 aliphatic rings. The molecule has 2 unspecified atom stereocenters. The molecule has 0 radical (unpaired) electrons. The molecule has 2 spiro atoms. The number of carbonyl (C=O) groups is 4. The monoisotopic (exact) mass is 2010 g/mol. The van der Waals surface area contributed by atoms with Gasteiger partial charge in [-0.1, -0.05) is 168 Å². The van der Waals surface area contributed by atoms with E-state index in [-0.39, 0.29) is 118 Å². The second-order valence-electron chi connectivity index (χ2n) is 31.4. The third-order valence-electron chi connectivity index (χ3n) is 23.9. The number of esters is 2. The number of rotatable bonds is 23. The van der Waals surface area contributed by atoms with Gasteiger partial charge in [-0.3, -0.25) is 14.5 Å². The quantitative estimate of drug-likeness (QED) is 0.0122. The summed E-state index contributed by atoms with van der Waals surface area (Å²) in [5.41, 5.74) is -5.30. The van der Waals surface area contributed by atoms with Crippen molar-refractivity contribution in [3.8, 4) is 34.5 Å². The number of hydrogen-bond acceptors (Lipinski definition) is 16. The summed E-state index contributed by atoms with van der Waals surface area (Å²) in [6.45, 7) is 14.2. The van der Waals surface area contributed by atoms with Crippen LogP contribution >= 0.6 is 14.5 Å². The van der Waals surface area contributed by atoms with Crippen molar-refractivity contribution < 1.29 is 131 Å². The first kappa shape index (κ1) is 106. The molecule has 0 bridgehead atoms. The maximum absolute atomic E-state index is 15.4. The van der Waals surface area contributed by atoms with Crippen LogP contribution < -0.4 is 90.1 Å². The molecule has 134 heavy (non-hydrogen) atoms. The highest BCUT2D eigenvalue weighted by Crippen LogP contribution is 2.62. The van der Waals surface area contributed by atoms with E-state index in [2.05, 4.69) is 202 Å². The Hall–Kier alpha value is -11.2. The highest BCUT2D eigenvalue weighted by Gasteiger charge is 2.58. The van der Waals surface area contributed by atoms with Gasteiger partial charge in [-0.15, -0.1) is 0 Å². The summed E-state index contributed by atoms with van der Waals surface area (Å²) in [4.78, 5) is 53.0. The van der Waals surface area contributed by atoms with Gasteiger partial charge in [0, 0.05) is 95.8 Å². The van der Waals surface area contributed by atoms with Crippen LogP contribution in [0.5, 0.6) is 34.5 Å². The average Bonchev–Trinajstić information content (AvgIpc) is 1.48. The van der Waals surface area contributed by atoms with E-state index in [0.717, 1.165) is 70.1 Å². The Bertz CT molecular complexity index is 5580. The number of carbonyl (C=O) groups excluding carboxylic acids is 4. The van der Waals surface area contributed by atoms with Crippen molar-refractivity contribution in [3.63, 3.8) is 0 Å². The van der Waals surface area contributed by atoms with Gasteiger partial charge in [-0.05, 0) is 162 Å². The van der Waals surface area contributed by atoms with Crippen molar-refractivity contribution >= 4 is 70.7 Å². The molecule has 708 valence electrons. The number of benzene rings is 12. The standard InChI is InChI=1S/C28H34N2OP.C26H32N2P.2C23H14F4O5.C2H4O2.3CH4.2BrH/c1-25(31)30-22-20-29(21-23-30)19-11-12-24-32(26-13-5-2-6-14-26,27-15-7-3-8-16-27)28-17-9-4-10-18-28;1-4-12-24(13-5-1)29(25-14-6-2-7-15-25,26-16-8-3-9-17-26)23-11-10-20-28-21-18-27-19-22-28;2*1-10-15(24)7-13-19(17(10)26)31-20-14(8-16(25)21(18(20)27)30-9-29-2)23(13)12-6-4-3-5-11(12)22(28)32-23;1-4-2-3;;;;;/h2-10,13-18H,11-12,19-24H2,1H3;1-9,12-17,27H,10-11,18-23H2;2*3-8H,9H2,1-2H3;2H,1H3;3*1H4;2*1H/q2*+1;;;;;;;;/p-2. The molecule has 2 fully saturated rings. The predicted octanol–water partition coefficient (Wildman–Crippen LogP) is 13.5. The van der Waals surface area contributed by atoms with Gasteiger partial charge in [0.05, 0.1) is 52.8 Å². The lowest BCUT2D eigenvalue weighted by molar-refractivity contribution is -0.130. The number of unbranched alkanes of at least 4 members (excludes halogenated alkanes) is 2. The van der Waals surface area contributed by atoms with E-state index in [1.165, 1.54) is 149 Å². The van der Waals surface area contributed by atoms with Crippen molar-refractivity contribution in [3.05, 3.63) is 357 Å². The normalized spacial score (nSPS) is 15.6. The van der Waals surface area contributed by atoms with Gasteiger partial charge >= 0.3 is 11.9 Å². The Kier molecular flexibility index (Phi) is 38.4. The van der Waals surface area contributed by atoms with Crippen LogP contribution in [0, 0.1) is 60.4 Å². The van der Waals surface area contributed by atoms with E-state index in [1.54, 1.807) is 31.2 Å². The van der Waals surface area contributed by atoms with Gasteiger partial charge in [0.25, 0.3) is 6.47 Å². The number of nitrogens with zero attached hydrogens (tertiary/aromatic N) is 3. The van der Waals surface area contributed by atoms with Crippen LogP contribution in [0.3, 0.4) is 0 Å². The van der Waals surface area contributed by atoms with Crippen molar-refractivity contribution in [1.29, 1.82) is 0 Å². The van der Waals surface area contributed by atoms with Gasteiger partial charge in [0.2, 0.25) is 17.5 Å². The van der Waals surface area contributed by atoms with Crippen LogP contribution in [-0.4, -0.2) is 152 Å². The van der Waals surface area contributed by atoms with Gasteiger partial charge in [0.15, 0.2) is 82.6 Å². The molecule has 6 aliphatic heterocycles. The molecule has 17 nitrogen and oxygen atoms in total. The summed E-state index contributed by atoms with van der Waals surface area (Å²) < 4.78 is 165. The van der Waals surface area contributed by atoms with Crippen LogP contribution in [0.1, 0.15) is 120 Å². The van der Waals surface area contributed by atoms with Crippen molar-refractivity contribution in [2.24, 2.45) is 0 Å². The number of piperazine rings is 2. The second-order valence-corrected chi connectivity index (χ2v) is 38.6. The van der Waals surface area contributed by atoms with Crippen molar-refractivity contribution in [1.82, 2.24) is 20.0 Å². The third kappa shape index (κ3) is 21.5. The summed E-state index contributed by atoms with van der Waals surface area (Å²) >= 11 is 0. The third-order valence-corrected chi connectivity index (χ3v) is 33.0. The summed E-state index contributed by atoms with van der Waals surface area (Å²) in [7, 11) is 0.464. The molecule has 0 saturated carbocycles. The minimum absolute atomic E-state index is 0. The Labute approximate surface area is 800 Å². The minimum atomic E-state index is -2.03. The molecule has 18 rings (SSSR count). The molecule has 1 N–H and O–H groups in total. The number of nitrogens with one attached hydrogen (secondary N) is 1. The number of hydrogen-bond donors (Lipinski definition) is 1.